The van der Waals surface area contributed by atoms with Crippen molar-refractivity contribution in [2.75, 3.05) is 32.8 Å². The third-order valence-electron chi connectivity index (χ3n) is 5.48. The molecule has 2 saturated heterocycles. The summed E-state index contributed by atoms with van der Waals surface area (Å²) < 4.78 is 35.4. The van der Waals surface area contributed by atoms with Gasteiger partial charge in [0.2, 0.25) is 10.0 Å². The minimum absolute atomic E-state index is 0.0389. The maximum atomic E-state index is 13.1. The summed E-state index contributed by atoms with van der Waals surface area (Å²) in [5, 5.41) is 0. The molecule has 29 heavy (non-hydrogen) atoms. The highest BCUT2D eigenvalue weighted by Gasteiger charge is 2.34. The molecule has 1 aromatic carbocycles. The second-order valence-corrected chi connectivity index (χ2v) is 10.3. The molecule has 10 heteroatoms. The number of benzene rings is 1. The number of aryl methyl sites for hydroxylation is 1. The number of piperazine rings is 1. The normalized spacial score (nSPS) is 21.1. The van der Waals surface area contributed by atoms with Crippen LogP contribution in [0, 0.1) is 0 Å². The molecule has 0 spiro atoms. The van der Waals surface area contributed by atoms with Gasteiger partial charge in [0, 0.05) is 39.3 Å². The fourth-order valence-corrected chi connectivity index (χ4v) is 6.40. The minimum atomic E-state index is -3.68. The van der Waals surface area contributed by atoms with Gasteiger partial charge < -0.3 is 9.64 Å². The fourth-order valence-electron chi connectivity index (χ4n) is 3.92. The van der Waals surface area contributed by atoms with Gasteiger partial charge in [-0.2, -0.15) is 4.31 Å². The van der Waals surface area contributed by atoms with Crippen LogP contribution in [0.15, 0.2) is 27.9 Å². The minimum Gasteiger partial charge on any atom is -0.368 e. The van der Waals surface area contributed by atoms with E-state index in [1.165, 1.54) is 4.31 Å². The molecule has 158 valence electrons. The van der Waals surface area contributed by atoms with Crippen LogP contribution in [0.2, 0.25) is 0 Å². The molecule has 0 aliphatic carbocycles. The summed E-state index contributed by atoms with van der Waals surface area (Å²) in [6.07, 6.45) is 2.08. The van der Waals surface area contributed by atoms with E-state index in [9.17, 15) is 18.0 Å². The van der Waals surface area contributed by atoms with E-state index in [0.29, 0.717) is 30.9 Å². The molecule has 4 rings (SSSR count). The highest BCUT2D eigenvalue weighted by molar-refractivity contribution is 7.89. The number of aromatic nitrogens is 1. The Balaban J connectivity index is 1.50. The SMILES string of the molecule is CCCn1c(=O)sc2cc(S(=O)(=O)N3CCN(C(=O)[C@H]4CCCO4)CC3)ccc21. The Labute approximate surface area is 173 Å². The summed E-state index contributed by atoms with van der Waals surface area (Å²) in [6, 6.07) is 4.87. The van der Waals surface area contributed by atoms with Gasteiger partial charge in [-0.15, -0.1) is 0 Å². The number of rotatable bonds is 5. The number of fused-ring (bicyclic) bond motifs is 1. The maximum Gasteiger partial charge on any atom is 0.308 e. The molecule has 8 nitrogen and oxygen atoms in total. The van der Waals surface area contributed by atoms with Crippen molar-refractivity contribution in [1.29, 1.82) is 0 Å². The van der Waals surface area contributed by atoms with Crippen LogP contribution in [0.3, 0.4) is 0 Å². The van der Waals surface area contributed by atoms with E-state index in [1.807, 2.05) is 6.92 Å². The molecule has 0 radical (unpaired) electrons. The van der Waals surface area contributed by atoms with Crippen molar-refractivity contribution in [3.05, 3.63) is 27.9 Å². The molecule has 0 unspecified atom stereocenters. The maximum absolute atomic E-state index is 13.1. The lowest BCUT2D eigenvalue weighted by Crippen LogP contribution is -2.52. The number of amides is 1. The van der Waals surface area contributed by atoms with Crippen LogP contribution < -0.4 is 4.87 Å². The number of hydrogen-bond donors (Lipinski definition) is 0. The van der Waals surface area contributed by atoms with Crippen molar-refractivity contribution in [1.82, 2.24) is 13.8 Å². The zero-order chi connectivity index (χ0) is 20.6. The van der Waals surface area contributed by atoms with Crippen LogP contribution in [0.1, 0.15) is 26.2 Å². The molecular formula is C19H25N3O5S2. The van der Waals surface area contributed by atoms with Crippen LogP contribution in [0.4, 0.5) is 0 Å². The van der Waals surface area contributed by atoms with Gasteiger partial charge >= 0.3 is 4.87 Å². The van der Waals surface area contributed by atoms with Gasteiger partial charge in [-0.25, -0.2) is 8.42 Å². The predicted octanol–water partition coefficient (Wildman–Crippen LogP) is 1.48. The second-order valence-electron chi connectivity index (χ2n) is 7.38. The topological polar surface area (TPSA) is 88.9 Å². The number of ether oxygens (including phenoxy) is 1. The van der Waals surface area contributed by atoms with Gasteiger partial charge in [-0.3, -0.25) is 14.2 Å². The molecule has 2 aliphatic heterocycles. The Hall–Kier alpha value is -1.75. The number of sulfonamides is 1. The van der Waals surface area contributed by atoms with E-state index < -0.39 is 10.0 Å². The summed E-state index contributed by atoms with van der Waals surface area (Å²) in [7, 11) is -3.68. The molecule has 0 N–H and O–H groups in total. The summed E-state index contributed by atoms with van der Waals surface area (Å²) >= 11 is 1.07. The molecule has 2 fully saturated rings. The Morgan fingerprint density at radius 3 is 2.66 bits per heavy atom. The zero-order valence-corrected chi connectivity index (χ0v) is 18.0. The van der Waals surface area contributed by atoms with Crippen molar-refractivity contribution in [3.8, 4) is 0 Å². The lowest BCUT2D eigenvalue weighted by molar-refractivity contribution is -0.142. The van der Waals surface area contributed by atoms with E-state index in [-0.39, 0.29) is 34.9 Å². The average Bonchev–Trinajstić information content (AvgIpc) is 3.36. The third-order valence-corrected chi connectivity index (χ3v) is 8.32. The van der Waals surface area contributed by atoms with Crippen LogP contribution >= 0.6 is 11.3 Å². The number of thiazole rings is 1. The van der Waals surface area contributed by atoms with Gasteiger partial charge in [-0.1, -0.05) is 18.3 Å². The number of hydrogen-bond acceptors (Lipinski definition) is 6. The number of nitrogens with zero attached hydrogens (tertiary/aromatic N) is 3. The Morgan fingerprint density at radius 2 is 2.00 bits per heavy atom. The van der Waals surface area contributed by atoms with E-state index >= 15 is 0 Å². The van der Waals surface area contributed by atoms with Crippen LogP contribution in [0.5, 0.6) is 0 Å². The van der Waals surface area contributed by atoms with Gasteiger partial charge in [-0.05, 0) is 37.5 Å². The lowest BCUT2D eigenvalue weighted by atomic mass is 10.2. The van der Waals surface area contributed by atoms with E-state index in [2.05, 4.69) is 0 Å². The predicted molar refractivity (Wildman–Crippen MR) is 111 cm³/mol. The molecule has 3 heterocycles. The quantitative estimate of drug-likeness (QED) is 0.704. The van der Waals surface area contributed by atoms with Crippen molar-refractivity contribution in [3.63, 3.8) is 0 Å². The first kappa shape index (κ1) is 20.5. The fraction of sp³-hybridized carbons (Fsp3) is 0.579. The van der Waals surface area contributed by atoms with Gasteiger partial charge in [0.1, 0.15) is 6.10 Å². The summed E-state index contributed by atoms with van der Waals surface area (Å²) in [5.41, 5.74) is 0.771. The second kappa shape index (κ2) is 8.17. The first-order chi connectivity index (χ1) is 13.9. The highest BCUT2D eigenvalue weighted by atomic mass is 32.2. The standard InChI is InChI=1S/C19H25N3O5S2/c1-2-7-22-15-6-5-14(13-17(15)28-19(22)24)29(25,26)21-10-8-20(9-11-21)18(23)16-4-3-12-27-16/h5-6,13,16H,2-4,7-12H2,1H3/t16-/m1/s1. The molecule has 2 aliphatic rings. The smallest absolute Gasteiger partial charge is 0.308 e. The highest BCUT2D eigenvalue weighted by Crippen LogP contribution is 2.25. The van der Waals surface area contributed by atoms with Crippen molar-refractivity contribution < 1.29 is 17.9 Å². The first-order valence-corrected chi connectivity index (χ1v) is 12.2. The van der Waals surface area contributed by atoms with Crippen LogP contribution in [-0.4, -0.2) is 67.0 Å². The molecule has 2 aromatic rings. The molecule has 0 bridgehead atoms. The Kier molecular flexibility index (Phi) is 5.78. The molecular weight excluding hydrogens is 414 g/mol. The number of carbonyl (C=O) groups is 1. The van der Waals surface area contributed by atoms with Crippen molar-refractivity contribution in [2.45, 2.75) is 43.7 Å². The molecule has 1 aromatic heterocycles. The van der Waals surface area contributed by atoms with Crippen molar-refractivity contribution in [2.24, 2.45) is 0 Å². The largest absolute Gasteiger partial charge is 0.368 e. The Bertz CT molecular complexity index is 1060. The number of carbonyl (C=O) groups excluding carboxylic acids is 1. The summed E-state index contributed by atoms with van der Waals surface area (Å²) in [4.78, 5) is 26.5. The van der Waals surface area contributed by atoms with Gasteiger partial charge in [0.05, 0.1) is 15.1 Å². The monoisotopic (exact) mass is 439 g/mol. The zero-order valence-electron chi connectivity index (χ0n) is 16.4. The average molecular weight is 440 g/mol. The molecule has 1 amide bonds. The summed E-state index contributed by atoms with van der Waals surface area (Å²) in [5.74, 6) is -0.0389. The van der Waals surface area contributed by atoms with Gasteiger partial charge in [0.25, 0.3) is 5.91 Å². The van der Waals surface area contributed by atoms with Crippen LogP contribution in [0.25, 0.3) is 10.2 Å². The van der Waals surface area contributed by atoms with Gasteiger partial charge in [0.15, 0.2) is 0 Å². The first-order valence-electron chi connectivity index (χ1n) is 9.95. The van der Waals surface area contributed by atoms with Crippen molar-refractivity contribution >= 4 is 37.5 Å². The molecule has 0 saturated carbocycles. The van der Waals surface area contributed by atoms with Crippen LogP contribution in [-0.2, 0) is 26.1 Å². The van der Waals surface area contributed by atoms with E-state index in [0.717, 1.165) is 36.1 Å². The Morgan fingerprint density at radius 1 is 1.24 bits per heavy atom. The third kappa shape index (κ3) is 3.86. The molecule has 1 atom stereocenters. The van der Waals surface area contributed by atoms with E-state index in [4.69, 9.17) is 4.74 Å². The lowest BCUT2D eigenvalue weighted by Gasteiger charge is -2.35. The summed E-state index contributed by atoms with van der Waals surface area (Å²) in [6.45, 7) is 4.46. The van der Waals surface area contributed by atoms with E-state index in [1.54, 1.807) is 27.7 Å².